The van der Waals surface area contributed by atoms with Crippen molar-refractivity contribution < 1.29 is 29.6 Å². The van der Waals surface area contributed by atoms with Crippen LogP contribution in [-0.4, -0.2) is 58.4 Å². The van der Waals surface area contributed by atoms with Crippen LogP contribution in [0.25, 0.3) is 0 Å². The maximum Gasteiger partial charge on any atom is 0.244 e. The van der Waals surface area contributed by atoms with E-state index >= 15 is 0 Å². The van der Waals surface area contributed by atoms with Crippen LogP contribution in [-0.2, 0) is 19.4 Å². The Kier molecular flexibility index (Phi) is 4.00. The highest BCUT2D eigenvalue weighted by molar-refractivity contribution is 6.14. The third kappa shape index (κ3) is 1.94. The molecule has 0 unspecified atom stereocenters. The maximum atomic E-state index is 14.3. The van der Waals surface area contributed by atoms with Crippen molar-refractivity contribution in [2.75, 3.05) is 13.7 Å². The van der Waals surface area contributed by atoms with E-state index in [-0.39, 0.29) is 17.6 Å². The van der Waals surface area contributed by atoms with E-state index < -0.39 is 47.2 Å². The molecule has 0 radical (unpaired) electrons. The summed E-state index contributed by atoms with van der Waals surface area (Å²) in [5, 5.41) is 21.6. The van der Waals surface area contributed by atoms with Gasteiger partial charge in [0.1, 0.15) is 6.04 Å². The molecule has 0 aromatic rings. The van der Waals surface area contributed by atoms with Gasteiger partial charge in [-0.2, -0.15) is 4.89 Å². The van der Waals surface area contributed by atoms with Gasteiger partial charge < -0.3 is 15.1 Å². The molecule has 7 nitrogen and oxygen atoms in total. The molecule has 5 aliphatic rings. The Hall–Kier alpha value is -1.28. The van der Waals surface area contributed by atoms with Gasteiger partial charge in [-0.15, -0.1) is 0 Å². The first-order chi connectivity index (χ1) is 13.7. The first kappa shape index (κ1) is 19.7. The molecule has 160 valence electrons. The summed E-state index contributed by atoms with van der Waals surface area (Å²) >= 11 is 0. The number of amides is 1. The molecule has 29 heavy (non-hydrogen) atoms. The van der Waals surface area contributed by atoms with E-state index in [0.717, 1.165) is 19.3 Å². The minimum absolute atomic E-state index is 0.129. The summed E-state index contributed by atoms with van der Waals surface area (Å²) in [7, 11) is 1.51. The molecule has 3 aliphatic carbocycles. The summed E-state index contributed by atoms with van der Waals surface area (Å²) in [4.78, 5) is 40.2. The molecule has 7 heteroatoms. The summed E-state index contributed by atoms with van der Waals surface area (Å²) in [5.41, 5.74) is -2.53. The molecule has 2 saturated carbocycles. The van der Waals surface area contributed by atoms with Crippen molar-refractivity contribution >= 4 is 11.7 Å². The van der Waals surface area contributed by atoms with Gasteiger partial charge in [-0.05, 0) is 43.4 Å². The molecule has 0 aromatic carbocycles. The van der Waals surface area contributed by atoms with Gasteiger partial charge in [-0.25, -0.2) is 4.89 Å². The molecule has 4 fully saturated rings. The van der Waals surface area contributed by atoms with Crippen LogP contribution in [0.15, 0.2) is 12.2 Å². The van der Waals surface area contributed by atoms with Crippen molar-refractivity contribution in [3.05, 3.63) is 12.2 Å². The van der Waals surface area contributed by atoms with Crippen LogP contribution in [0.3, 0.4) is 0 Å². The summed E-state index contributed by atoms with van der Waals surface area (Å²) in [5.74, 6) is -2.62. The number of aliphatic hydroxyl groups is 2. The number of carbonyl (C=O) groups is 2. The second-order valence-corrected chi connectivity index (χ2v) is 10.2. The molecule has 1 spiro atoms. The quantitative estimate of drug-likeness (QED) is 0.388. The van der Waals surface area contributed by atoms with Crippen LogP contribution in [0.5, 0.6) is 0 Å². The number of likely N-dealkylation sites (N-methyl/N-ethyl adjacent to an activating group) is 1. The molecule has 2 aliphatic heterocycles. The smallest absolute Gasteiger partial charge is 0.244 e. The van der Waals surface area contributed by atoms with Gasteiger partial charge >= 0.3 is 0 Å². The highest BCUT2D eigenvalue weighted by atomic mass is 17.2. The van der Waals surface area contributed by atoms with Crippen LogP contribution in [0, 0.1) is 40.4 Å². The fourth-order valence-electron chi connectivity index (χ4n) is 7.71. The summed E-state index contributed by atoms with van der Waals surface area (Å²) in [6.07, 6.45) is 6.81. The lowest BCUT2D eigenvalue weighted by Crippen LogP contribution is -2.66. The largest absolute Gasteiger partial charge is 0.394 e. The number of hydrogen-bond donors (Lipinski definition) is 2. The van der Waals surface area contributed by atoms with Crippen molar-refractivity contribution in [1.29, 1.82) is 0 Å². The monoisotopic (exact) mass is 405 g/mol. The fourth-order valence-corrected chi connectivity index (χ4v) is 7.71. The first-order valence-corrected chi connectivity index (χ1v) is 10.8. The van der Waals surface area contributed by atoms with Crippen LogP contribution in [0.4, 0.5) is 0 Å². The lowest BCUT2D eigenvalue weighted by Gasteiger charge is -2.48. The molecule has 0 aromatic heterocycles. The van der Waals surface area contributed by atoms with Crippen molar-refractivity contribution in [2.45, 2.75) is 58.0 Å². The third-order valence-electron chi connectivity index (χ3n) is 9.07. The van der Waals surface area contributed by atoms with E-state index in [1.807, 2.05) is 6.92 Å². The molecule has 5 rings (SSSR count). The predicted molar refractivity (Wildman–Crippen MR) is 102 cm³/mol. The molecule has 1 amide bonds. The van der Waals surface area contributed by atoms with Gasteiger partial charge in [0.25, 0.3) is 0 Å². The maximum absolute atomic E-state index is 14.3. The number of aliphatic hydroxyl groups excluding tert-OH is 1. The topological polar surface area (TPSA) is 96.3 Å². The van der Waals surface area contributed by atoms with Gasteiger partial charge in [0.2, 0.25) is 11.7 Å². The standard InChI is InChI=1S/C22H31NO6/c1-11-5-7-14-13(9-11)6-8-15-17-12(2)28-29-22(27)16(10-24)23(4)19(26)21(17,22)18(25)20(14,15)3/h6,8,11-17,24,27H,5,7,9-10H2,1-4H3/t11-,12+,13-,14-,15+,16+,17+,20+,21+,22+/m1/s1. The molecule has 2 saturated heterocycles. The number of Topliss-reactive ketones (excluding diaryl/α,β-unsaturated/α-hetero) is 1. The van der Waals surface area contributed by atoms with Gasteiger partial charge in [-0.1, -0.05) is 32.4 Å². The average Bonchev–Trinajstić information content (AvgIpc) is 3.01. The zero-order valence-electron chi connectivity index (χ0n) is 17.5. The number of ketones is 1. The van der Waals surface area contributed by atoms with Crippen molar-refractivity contribution in [1.82, 2.24) is 4.90 Å². The lowest BCUT2D eigenvalue weighted by atomic mass is 9.55. The second-order valence-electron chi connectivity index (χ2n) is 10.2. The van der Waals surface area contributed by atoms with Gasteiger partial charge in [0, 0.05) is 18.4 Å². The van der Waals surface area contributed by atoms with Crippen LogP contribution in [0.1, 0.15) is 40.0 Å². The Morgan fingerprint density at radius 2 is 1.97 bits per heavy atom. The zero-order valence-corrected chi connectivity index (χ0v) is 17.5. The van der Waals surface area contributed by atoms with E-state index in [1.54, 1.807) is 6.92 Å². The molecule has 2 N–H and O–H groups in total. The molecular formula is C22H31NO6. The van der Waals surface area contributed by atoms with Crippen molar-refractivity contribution in [3.8, 4) is 0 Å². The number of carbonyl (C=O) groups excluding carboxylic acids is 2. The third-order valence-corrected chi connectivity index (χ3v) is 9.07. The summed E-state index contributed by atoms with van der Waals surface area (Å²) in [6, 6.07) is -1.05. The first-order valence-electron chi connectivity index (χ1n) is 10.8. The Bertz CT molecular complexity index is 798. The number of rotatable bonds is 1. The fraction of sp³-hybridized carbons (Fsp3) is 0.818. The Labute approximate surface area is 171 Å². The summed E-state index contributed by atoms with van der Waals surface area (Å²) in [6.45, 7) is 5.51. The second kappa shape index (κ2) is 5.90. The van der Waals surface area contributed by atoms with E-state index in [1.165, 1.54) is 11.9 Å². The van der Waals surface area contributed by atoms with Crippen LogP contribution >= 0.6 is 0 Å². The van der Waals surface area contributed by atoms with Crippen molar-refractivity contribution in [2.24, 2.45) is 40.4 Å². The number of hydrogen-bond acceptors (Lipinski definition) is 6. The number of nitrogens with zero attached hydrogens (tertiary/aromatic N) is 1. The van der Waals surface area contributed by atoms with E-state index in [9.17, 15) is 19.8 Å². The molecule has 2 heterocycles. The Morgan fingerprint density at radius 1 is 1.24 bits per heavy atom. The Balaban J connectivity index is 1.72. The predicted octanol–water partition coefficient (Wildman–Crippen LogP) is 1.29. The lowest BCUT2D eigenvalue weighted by molar-refractivity contribution is -0.492. The average molecular weight is 405 g/mol. The molecule has 10 atom stereocenters. The summed E-state index contributed by atoms with van der Waals surface area (Å²) < 4.78 is 0. The molecular weight excluding hydrogens is 374 g/mol. The number of allylic oxidation sites excluding steroid dienone is 2. The zero-order chi connectivity index (χ0) is 20.9. The Morgan fingerprint density at radius 3 is 2.66 bits per heavy atom. The SMILES string of the molecule is C[C@@H]1CC[C@@H]2[C@H](C=C[C@H]3[C@@H]4[C@H](C)OO[C@@]5(O)[C@H](CO)N(C)C(=O)[C@@]45C(=O)[C@@]23C)C1. The van der Waals surface area contributed by atoms with E-state index in [2.05, 4.69) is 19.1 Å². The number of likely N-dealkylation sites (tertiary alicyclic amines) is 1. The highest BCUT2D eigenvalue weighted by Gasteiger charge is 2.86. The normalized spacial score (nSPS) is 56.1. The van der Waals surface area contributed by atoms with E-state index in [4.69, 9.17) is 9.78 Å². The van der Waals surface area contributed by atoms with Gasteiger partial charge in [0.15, 0.2) is 11.2 Å². The van der Waals surface area contributed by atoms with Gasteiger partial charge in [-0.3, -0.25) is 9.59 Å². The van der Waals surface area contributed by atoms with Crippen LogP contribution in [0.2, 0.25) is 0 Å². The molecule has 0 bridgehead atoms. The van der Waals surface area contributed by atoms with E-state index in [0.29, 0.717) is 11.8 Å². The highest BCUT2D eigenvalue weighted by Crippen LogP contribution is 2.71. The minimum atomic E-state index is -2.20. The van der Waals surface area contributed by atoms with Crippen LogP contribution < -0.4 is 0 Å². The minimum Gasteiger partial charge on any atom is -0.394 e. The van der Waals surface area contributed by atoms with Gasteiger partial charge in [0.05, 0.1) is 12.7 Å². The number of fused-ring (bicyclic) bond motifs is 4. The van der Waals surface area contributed by atoms with Crippen molar-refractivity contribution in [3.63, 3.8) is 0 Å².